The maximum absolute atomic E-state index is 2.54. The first-order valence-corrected chi connectivity index (χ1v) is 14.3. The molecule has 1 aromatic heterocycles. The van der Waals surface area contributed by atoms with Crippen LogP contribution in [0.5, 0.6) is 0 Å². The SMILES string of the molecule is Cc1cccc2sc3cc4c(cc3c12)-c1ccccc1[Si]4(c1ccccc1)c1ccccc1. The highest BCUT2D eigenvalue weighted by molar-refractivity contribution is 7.27. The van der Waals surface area contributed by atoms with Gasteiger partial charge in [0, 0.05) is 20.2 Å². The van der Waals surface area contributed by atoms with Gasteiger partial charge in [0.15, 0.2) is 8.07 Å². The van der Waals surface area contributed by atoms with Gasteiger partial charge in [-0.2, -0.15) is 0 Å². The summed E-state index contributed by atoms with van der Waals surface area (Å²) in [5.74, 6) is 0. The Morgan fingerprint density at radius 2 is 1.21 bits per heavy atom. The van der Waals surface area contributed by atoms with Crippen LogP contribution >= 0.6 is 11.3 Å². The molecule has 2 heteroatoms. The van der Waals surface area contributed by atoms with Gasteiger partial charge in [0.1, 0.15) is 0 Å². The fraction of sp³-hybridized carbons (Fsp3) is 0.0323. The van der Waals surface area contributed by atoms with Crippen molar-refractivity contribution < 1.29 is 0 Å². The first-order chi connectivity index (χ1) is 16.3. The van der Waals surface area contributed by atoms with Gasteiger partial charge in [-0.15, -0.1) is 11.3 Å². The van der Waals surface area contributed by atoms with E-state index in [4.69, 9.17) is 0 Å². The monoisotopic (exact) mass is 454 g/mol. The van der Waals surface area contributed by atoms with Crippen molar-refractivity contribution >= 4 is 60.3 Å². The Labute approximate surface area is 198 Å². The van der Waals surface area contributed by atoms with Gasteiger partial charge in [-0.3, -0.25) is 0 Å². The Hall–Kier alpha value is -3.46. The van der Waals surface area contributed by atoms with E-state index < -0.39 is 8.07 Å². The average Bonchev–Trinajstić information content (AvgIpc) is 3.38. The van der Waals surface area contributed by atoms with Crippen molar-refractivity contribution in [1.82, 2.24) is 0 Å². The molecule has 33 heavy (non-hydrogen) atoms. The minimum atomic E-state index is -2.40. The van der Waals surface area contributed by atoms with Crippen molar-refractivity contribution in [3.8, 4) is 11.1 Å². The second-order valence-electron chi connectivity index (χ2n) is 8.97. The van der Waals surface area contributed by atoms with Gasteiger partial charge in [-0.1, -0.05) is 97.1 Å². The maximum Gasteiger partial charge on any atom is 0.180 e. The molecular weight excluding hydrogens is 432 g/mol. The van der Waals surface area contributed by atoms with Crippen LogP contribution in [0.25, 0.3) is 31.3 Å². The van der Waals surface area contributed by atoms with E-state index in [2.05, 4.69) is 122 Å². The van der Waals surface area contributed by atoms with Crippen molar-refractivity contribution in [2.45, 2.75) is 6.92 Å². The van der Waals surface area contributed by atoms with E-state index in [1.807, 2.05) is 11.3 Å². The Kier molecular flexibility index (Phi) is 4.05. The average molecular weight is 455 g/mol. The Morgan fingerprint density at radius 3 is 1.94 bits per heavy atom. The molecule has 6 aromatic rings. The van der Waals surface area contributed by atoms with Crippen molar-refractivity contribution in [2.75, 3.05) is 0 Å². The molecule has 0 bridgehead atoms. The topological polar surface area (TPSA) is 0 Å². The molecule has 7 rings (SSSR count). The number of fused-ring (bicyclic) bond motifs is 6. The third-order valence-corrected chi connectivity index (χ3v) is 13.3. The van der Waals surface area contributed by atoms with Crippen LogP contribution in [0.4, 0.5) is 0 Å². The molecule has 0 atom stereocenters. The van der Waals surface area contributed by atoms with Gasteiger partial charge < -0.3 is 0 Å². The molecule has 0 unspecified atom stereocenters. The molecule has 0 nitrogen and oxygen atoms in total. The lowest BCUT2D eigenvalue weighted by Crippen LogP contribution is -2.72. The number of thiophene rings is 1. The smallest absolute Gasteiger partial charge is 0.135 e. The molecular formula is C31H22SSi. The normalized spacial score (nSPS) is 13.8. The minimum Gasteiger partial charge on any atom is -0.135 e. The Morgan fingerprint density at radius 1 is 0.545 bits per heavy atom. The van der Waals surface area contributed by atoms with Crippen LogP contribution < -0.4 is 20.7 Å². The molecule has 0 amide bonds. The van der Waals surface area contributed by atoms with Crippen LogP contribution in [0.2, 0.25) is 0 Å². The van der Waals surface area contributed by atoms with Gasteiger partial charge >= 0.3 is 0 Å². The van der Waals surface area contributed by atoms with Gasteiger partial charge in [-0.25, -0.2) is 0 Å². The van der Waals surface area contributed by atoms with Gasteiger partial charge in [-0.05, 0) is 62.6 Å². The number of hydrogen-bond acceptors (Lipinski definition) is 1. The highest BCUT2D eigenvalue weighted by atomic mass is 32.1. The standard InChI is InChI=1S/C31H22SSi/c1-21-11-10-17-27-31(21)26-19-25-24-16-8-9-18-29(24)33(22-12-4-2-5-13-22,23-14-6-3-7-15-23)30(25)20-28(26)32-27/h2-20H,1H3. The van der Waals surface area contributed by atoms with E-state index >= 15 is 0 Å². The quantitative estimate of drug-likeness (QED) is 0.293. The predicted octanol–water partition coefficient (Wildman–Crippen LogP) is 5.72. The molecule has 0 spiro atoms. The van der Waals surface area contributed by atoms with Crippen molar-refractivity contribution in [2.24, 2.45) is 0 Å². The first-order valence-electron chi connectivity index (χ1n) is 11.5. The lowest BCUT2D eigenvalue weighted by atomic mass is 10.0. The fourth-order valence-corrected chi connectivity index (χ4v) is 12.4. The van der Waals surface area contributed by atoms with E-state index in [0.717, 1.165) is 0 Å². The molecule has 0 N–H and O–H groups in total. The van der Waals surface area contributed by atoms with E-state index in [-0.39, 0.29) is 0 Å². The zero-order valence-electron chi connectivity index (χ0n) is 18.4. The van der Waals surface area contributed by atoms with Crippen molar-refractivity contribution in [3.63, 3.8) is 0 Å². The highest BCUT2D eigenvalue weighted by Gasteiger charge is 2.48. The molecule has 0 saturated carbocycles. The number of hydrogen-bond donors (Lipinski definition) is 0. The van der Waals surface area contributed by atoms with Crippen LogP contribution in [0.1, 0.15) is 5.56 Å². The molecule has 0 radical (unpaired) electrons. The van der Waals surface area contributed by atoms with Crippen LogP contribution in [0.15, 0.2) is 115 Å². The molecule has 156 valence electrons. The zero-order chi connectivity index (χ0) is 22.0. The summed E-state index contributed by atoms with van der Waals surface area (Å²) >= 11 is 1.93. The molecule has 0 saturated heterocycles. The van der Waals surface area contributed by atoms with Crippen molar-refractivity contribution in [1.29, 1.82) is 0 Å². The van der Waals surface area contributed by atoms with Gasteiger partial charge in [0.05, 0.1) is 0 Å². The molecule has 0 fully saturated rings. The predicted molar refractivity (Wildman–Crippen MR) is 147 cm³/mol. The number of benzene rings is 5. The van der Waals surface area contributed by atoms with Crippen molar-refractivity contribution in [3.05, 3.63) is 121 Å². The Bertz CT molecular complexity index is 1620. The second-order valence-corrected chi connectivity index (χ2v) is 13.8. The third-order valence-electron chi connectivity index (χ3n) is 7.28. The Balaban J connectivity index is 1.69. The first kappa shape index (κ1) is 19.0. The summed E-state index contributed by atoms with van der Waals surface area (Å²) in [6.45, 7) is 2.24. The maximum atomic E-state index is 2.54. The van der Waals surface area contributed by atoms with Crippen LogP contribution in [-0.2, 0) is 0 Å². The van der Waals surface area contributed by atoms with E-state index in [0.29, 0.717) is 0 Å². The lowest BCUT2D eigenvalue weighted by molar-refractivity contribution is 1.55. The summed E-state index contributed by atoms with van der Waals surface area (Å²) in [5.41, 5.74) is 4.18. The molecule has 1 aliphatic heterocycles. The highest BCUT2D eigenvalue weighted by Crippen LogP contribution is 2.39. The van der Waals surface area contributed by atoms with Crippen LogP contribution in [-0.4, -0.2) is 8.07 Å². The molecule has 1 aliphatic rings. The summed E-state index contributed by atoms with van der Waals surface area (Å²) in [6, 6.07) is 43.4. The summed E-state index contributed by atoms with van der Waals surface area (Å²) < 4.78 is 2.78. The number of aryl methyl sites for hydroxylation is 1. The fourth-order valence-electron chi connectivity index (χ4n) is 5.94. The second kappa shape index (κ2) is 7.02. The van der Waals surface area contributed by atoms with E-state index in [1.165, 1.54) is 57.6 Å². The van der Waals surface area contributed by atoms with E-state index in [1.54, 1.807) is 0 Å². The largest absolute Gasteiger partial charge is 0.180 e. The lowest BCUT2D eigenvalue weighted by Gasteiger charge is -2.31. The van der Waals surface area contributed by atoms with Gasteiger partial charge in [0.2, 0.25) is 0 Å². The van der Waals surface area contributed by atoms with E-state index in [9.17, 15) is 0 Å². The molecule has 5 aromatic carbocycles. The summed E-state index contributed by atoms with van der Waals surface area (Å²) in [6.07, 6.45) is 0. The molecule has 0 aliphatic carbocycles. The summed E-state index contributed by atoms with van der Waals surface area (Å²) in [5, 5.41) is 8.76. The summed E-state index contributed by atoms with van der Waals surface area (Å²) in [4.78, 5) is 0. The summed E-state index contributed by atoms with van der Waals surface area (Å²) in [7, 11) is -2.40. The van der Waals surface area contributed by atoms with Crippen LogP contribution in [0.3, 0.4) is 0 Å². The van der Waals surface area contributed by atoms with Gasteiger partial charge in [0.25, 0.3) is 0 Å². The molecule has 2 heterocycles. The third kappa shape index (κ3) is 2.51. The van der Waals surface area contributed by atoms with Crippen LogP contribution in [0, 0.1) is 6.92 Å². The number of rotatable bonds is 2. The minimum absolute atomic E-state index is 1.36. The zero-order valence-corrected chi connectivity index (χ0v) is 20.2.